The highest BCUT2D eigenvalue weighted by Gasteiger charge is 2.30. The first kappa shape index (κ1) is 15.0. The van der Waals surface area contributed by atoms with Crippen molar-refractivity contribution in [3.8, 4) is 0 Å². The summed E-state index contributed by atoms with van der Waals surface area (Å²) in [5.74, 6) is 0.949. The van der Waals surface area contributed by atoms with Crippen LogP contribution in [0.2, 0.25) is 0 Å². The predicted octanol–water partition coefficient (Wildman–Crippen LogP) is 3.13. The van der Waals surface area contributed by atoms with Gasteiger partial charge in [0.2, 0.25) is 0 Å². The Balaban J connectivity index is 2.53. The molecule has 0 aliphatic carbocycles. The smallest absolute Gasteiger partial charge is 0.00500 e. The van der Waals surface area contributed by atoms with Crippen LogP contribution in [-0.2, 0) is 0 Å². The van der Waals surface area contributed by atoms with Crippen LogP contribution in [0.15, 0.2) is 0 Å². The minimum absolute atomic E-state index is 0.490. The molecule has 0 spiro atoms. The number of rotatable bonds is 7. The van der Waals surface area contributed by atoms with Gasteiger partial charge in [-0.3, -0.25) is 0 Å². The zero-order chi connectivity index (χ0) is 12.7. The van der Waals surface area contributed by atoms with E-state index in [1.807, 2.05) is 0 Å². The van der Waals surface area contributed by atoms with Gasteiger partial charge in [-0.25, -0.2) is 0 Å². The van der Waals surface area contributed by atoms with Crippen molar-refractivity contribution in [3.63, 3.8) is 0 Å². The molecule has 1 atom stereocenters. The fourth-order valence-electron chi connectivity index (χ4n) is 3.26. The third-order valence-corrected chi connectivity index (χ3v) is 4.79. The van der Waals surface area contributed by atoms with E-state index in [-0.39, 0.29) is 0 Å². The van der Waals surface area contributed by atoms with Crippen molar-refractivity contribution in [2.24, 2.45) is 11.3 Å². The monoisotopic (exact) mass is 240 g/mol. The average Bonchev–Trinajstić information content (AvgIpc) is 2.38. The zero-order valence-corrected chi connectivity index (χ0v) is 12.4. The Morgan fingerprint density at radius 1 is 1.24 bits per heavy atom. The predicted molar refractivity (Wildman–Crippen MR) is 76.4 cm³/mol. The second-order valence-electron chi connectivity index (χ2n) is 5.89. The van der Waals surface area contributed by atoms with Crippen molar-refractivity contribution in [2.75, 3.05) is 33.2 Å². The van der Waals surface area contributed by atoms with E-state index >= 15 is 0 Å². The molecule has 0 aromatic carbocycles. The highest BCUT2D eigenvalue weighted by atomic mass is 15.1. The fourth-order valence-corrected chi connectivity index (χ4v) is 3.26. The first-order valence-electron chi connectivity index (χ1n) is 7.56. The molecule has 1 rings (SSSR count). The van der Waals surface area contributed by atoms with Gasteiger partial charge in [0.25, 0.3) is 0 Å². The van der Waals surface area contributed by atoms with Crippen molar-refractivity contribution >= 4 is 0 Å². The van der Waals surface area contributed by atoms with Gasteiger partial charge in [0, 0.05) is 19.6 Å². The highest BCUT2D eigenvalue weighted by molar-refractivity contribution is 4.84. The molecule has 1 N–H and O–H groups in total. The van der Waals surface area contributed by atoms with Crippen LogP contribution in [0.3, 0.4) is 0 Å². The summed E-state index contributed by atoms with van der Waals surface area (Å²) in [5, 5.41) is 3.40. The molecule has 17 heavy (non-hydrogen) atoms. The number of hydrogen-bond acceptors (Lipinski definition) is 2. The SMILES string of the molecule is CCC1CCCN(CC(CC)(CC)CNC)C1. The third kappa shape index (κ3) is 4.26. The molecule has 1 aliphatic rings. The minimum Gasteiger partial charge on any atom is -0.319 e. The van der Waals surface area contributed by atoms with Crippen molar-refractivity contribution in [1.82, 2.24) is 10.2 Å². The quantitative estimate of drug-likeness (QED) is 0.735. The summed E-state index contributed by atoms with van der Waals surface area (Å²) in [5.41, 5.74) is 0.490. The van der Waals surface area contributed by atoms with Gasteiger partial charge in [0.1, 0.15) is 0 Å². The van der Waals surface area contributed by atoms with E-state index in [1.54, 1.807) is 0 Å². The van der Waals surface area contributed by atoms with Gasteiger partial charge in [0.05, 0.1) is 0 Å². The van der Waals surface area contributed by atoms with Gasteiger partial charge in [-0.15, -0.1) is 0 Å². The normalized spacial score (nSPS) is 22.9. The molecule has 0 bridgehead atoms. The molecule has 1 heterocycles. The van der Waals surface area contributed by atoms with Gasteiger partial charge >= 0.3 is 0 Å². The van der Waals surface area contributed by atoms with Crippen molar-refractivity contribution in [1.29, 1.82) is 0 Å². The molecule has 102 valence electrons. The van der Waals surface area contributed by atoms with Crippen LogP contribution in [0, 0.1) is 11.3 Å². The summed E-state index contributed by atoms with van der Waals surface area (Å²) < 4.78 is 0. The third-order valence-electron chi connectivity index (χ3n) is 4.79. The van der Waals surface area contributed by atoms with Gasteiger partial charge in [-0.1, -0.05) is 27.2 Å². The fraction of sp³-hybridized carbons (Fsp3) is 1.00. The highest BCUT2D eigenvalue weighted by Crippen LogP contribution is 2.29. The van der Waals surface area contributed by atoms with Gasteiger partial charge in [0.15, 0.2) is 0 Å². The second kappa shape index (κ2) is 7.38. The summed E-state index contributed by atoms with van der Waals surface area (Å²) in [6.07, 6.45) is 6.79. The lowest BCUT2D eigenvalue weighted by molar-refractivity contribution is 0.0941. The van der Waals surface area contributed by atoms with Gasteiger partial charge < -0.3 is 10.2 Å². The topological polar surface area (TPSA) is 15.3 Å². The first-order chi connectivity index (χ1) is 8.19. The molecule has 2 nitrogen and oxygen atoms in total. The number of nitrogens with zero attached hydrogens (tertiary/aromatic N) is 1. The Morgan fingerprint density at radius 2 is 1.94 bits per heavy atom. The van der Waals surface area contributed by atoms with Crippen molar-refractivity contribution < 1.29 is 0 Å². The molecule has 0 saturated carbocycles. The van der Waals surface area contributed by atoms with Crippen LogP contribution >= 0.6 is 0 Å². The molecule has 0 amide bonds. The van der Waals surface area contributed by atoms with Gasteiger partial charge in [-0.05, 0) is 50.6 Å². The van der Waals surface area contributed by atoms with E-state index in [4.69, 9.17) is 0 Å². The van der Waals surface area contributed by atoms with Crippen LogP contribution in [0.25, 0.3) is 0 Å². The lowest BCUT2D eigenvalue weighted by Crippen LogP contribution is -2.46. The summed E-state index contributed by atoms with van der Waals surface area (Å²) >= 11 is 0. The standard InChI is InChI=1S/C15H32N2/c1-5-14-9-8-10-17(11-14)13-15(6-2,7-3)12-16-4/h14,16H,5-13H2,1-4H3. The summed E-state index contributed by atoms with van der Waals surface area (Å²) in [6.45, 7) is 12.1. The molecule has 0 aromatic heterocycles. The first-order valence-corrected chi connectivity index (χ1v) is 7.56. The molecule has 0 aromatic rings. The second-order valence-corrected chi connectivity index (χ2v) is 5.89. The average molecular weight is 240 g/mol. The largest absolute Gasteiger partial charge is 0.319 e. The molecule has 1 unspecified atom stereocenters. The maximum absolute atomic E-state index is 3.40. The Hall–Kier alpha value is -0.0800. The maximum Gasteiger partial charge on any atom is 0.00500 e. The molecule has 1 aliphatic heterocycles. The summed E-state index contributed by atoms with van der Waals surface area (Å²) in [6, 6.07) is 0. The minimum atomic E-state index is 0.490. The van der Waals surface area contributed by atoms with Crippen LogP contribution in [-0.4, -0.2) is 38.1 Å². The summed E-state index contributed by atoms with van der Waals surface area (Å²) in [7, 11) is 2.09. The summed E-state index contributed by atoms with van der Waals surface area (Å²) in [4.78, 5) is 2.72. The Kier molecular flexibility index (Phi) is 6.50. The number of hydrogen-bond donors (Lipinski definition) is 1. The van der Waals surface area contributed by atoms with Crippen molar-refractivity contribution in [2.45, 2.75) is 52.9 Å². The van der Waals surface area contributed by atoms with E-state index in [0.717, 1.165) is 12.5 Å². The Bertz CT molecular complexity index is 199. The molecular formula is C15H32N2. The van der Waals surface area contributed by atoms with E-state index in [0.29, 0.717) is 5.41 Å². The Labute approximate surface area is 108 Å². The molecule has 0 radical (unpaired) electrons. The van der Waals surface area contributed by atoms with E-state index in [2.05, 4.69) is 38.0 Å². The molecule has 2 heteroatoms. The zero-order valence-electron chi connectivity index (χ0n) is 12.4. The van der Waals surface area contributed by atoms with Gasteiger partial charge in [-0.2, -0.15) is 0 Å². The lowest BCUT2D eigenvalue weighted by Gasteiger charge is -2.40. The molecular weight excluding hydrogens is 208 g/mol. The van der Waals surface area contributed by atoms with Crippen LogP contribution in [0.5, 0.6) is 0 Å². The number of likely N-dealkylation sites (tertiary alicyclic amines) is 1. The maximum atomic E-state index is 3.40. The van der Waals surface area contributed by atoms with E-state index in [1.165, 1.54) is 51.7 Å². The number of piperidine rings is 1. The number of nitrogens with one attached hydrogen (secondary N) is 1. The molecule has 1 fully saturated rings. The van der Waals surface area contributed by atoms with Crippen molar-refractivity contribution in [3.05, 3.63) is 0 Å². The van der Waals surface area contributed by atoms with Crippen LogP contribution in [0.4, 0.5) is 0 Å². The van der Waals surface area contributed by atoms with Crippen LogP contribution in [0.1, 0.15) is 52.9 Å². The van der Waals surface area contributed by atoms with Crippen LogP contribution < -0.4 is 5.32 Å². The molecule has 1 saturated heterocycles. The van der Waals surface area contributed by atoms with E-state index in [9.17, 15) is 0 Å². The lowest BCUT2D eigenvalue weighted by atomic mass is 9.80. The Morgan fingerprint density at radius 3 is 2.47 bits per heavy atom. The van der Waals surface area contributed by atoms with E-state index < -0.39 is 0 Å².